The maximum Gasteiger partial charge on any atom is 0.267 e. The number of nitrogens with one attached hydrogen (secondary N) is 1. The van der Waals surface area contributed by atoms with Crippen molar-refractivity contribution in [1.29, 1.82) is 0 Å². The lowest BCUT2D eigenvalue weighted by Gasteiger charge is -2.07. The minimum absolute atomic E-state index is 0.132. The second-order valence-corrected chi connectivity index (χ2v) is 6.25. The molecule has 0 aliphatic rings. The van der Waals surface area contributed by atoms with Gasteiger partial charge in [-0.2, -0.15) is 0 Å². The van der Waals surface area contributed by atoms with Gasteiger partial charge in [-0.05, 0) is 32.0 Å². The fourth-order valence-corrected chi connectivity index (χ4v) is 3.16. The lowest BCUT2D eigenvalue weighted by Crippen LogP contribution is -2.11. The molecule has 1 aromatic carbocycles. The first-order chi connectivity index (χ1) is 11.6. The first kappa shape index (κ1) is 16.3. The van der Waals surface area contributed by atoms with Crippen LogP contribution < -0.4 is 5.32 Å². The summed E-state index contributed by atoms with van der Waals surface area (Å²) < 4.78 is 7.03. The molecule has 0 fully saturated rings. The van der Waals surface area contributed by atoms with E-state index < -0.39 is 0 Å². The van der Waals surface area contributed by atoms with Crippen LogP contribution >= 0.6 is 11.3 Å². The summed E-state index contributed by atoms with van der Waals surface area (Å²) in [6.45, 7) is 3.73. The Morgan fingerprint density at radius 2 is 2.08 bits per heavy atom. The average Bonchev–Trinajstić information content (AvgIpc) is 3.24. The molecule has 0 spiro atoms. The predicted molar refractivity (Wildman–Crippen MR) is 91.6 cm³/mol. The highest BCUT2D eigenvalue weighted by molar-refractivity contribution is 7.14. The molecule has 3 rings (SSSR count). The van der Waals surface area contributed by atoms with Crippen LogP contribution in [0.5, 0.6) is 0 Å². The molecule has 0 saturated carbocycles. The summed E-state index contributed by atoms with van der Waals surface area (Å²) in [4.78, 5) is 17.5. The summed E-state index contributed by atoms with van der Waals surface area (Å²) in [7, 11) is 1.62. The van der Waals surface area contributed by atoms with E-state index in [1.165, 1.54) is 11.3 Å². The second-order valence-electron chi connectivity index (χ2n) is 5.22. The van der Waals surface area contributed by atoms with E-state index in [0.717, 1.165) is 10.7 Å². The third-order valence-electron chi connectivity index (χ3n) is 3.54. The van der Waals surface area contributed by atoms with Crippen molar-refractivity contribution in [3.05, 3.63) is 52.5 Å². The number of methoxy groups -OCH3 is 1. The molecule has 1 N–H and O–H groups in total. The number of aromatic nitrogens is 4. The molecule has 1 atom stereocenters. The summed E-state index contributed by atoms with van der Waals surface area (Å²) >= 11 is 1.35. The maximum atomic E-state index is 12.5. The zero-order chi connectivity index (χ0) is 17.1. The lowest BCUT2D eigenvalue weighted by atomic mass is 10.2. The largest absolute Gasteiger partial charge is 0.375 e. The number of hydrogen-bond donors (Lipinski definition) is 1. The minimum Gasteiger partial charge on any atom is -0.375 e. The van der Waals surface area contributed by atoms with Crippen molar-refractivity contribution in [2.45, 2.75) is 20.0 Å². The Bertz CT molecular complexity index is 844. The van der Waals surface area contributed by atoms with Crippen LogP contribution in [0, 0.1) is 6.92 Å². The van der Waals surface area contributed by atoms with Crippen LogP contribution in [-0.2, 0) is 4.74 Å². The lowest BCUT2D eigenvalue weighted by molar-refractivity contribution is 0.103. The van der Waals surface area contributed by atoms with Crippen molar-refractivity contribution in [3.8, 4) is 5.69 Å². The zero-order valence-corrected chi connectivity index (χ0v) is 14.4. The molecule has 124 valence electrons. The van der Waals surface area contributed by atoms with Crippen molar-refractivity contribution in [1.82, 2.24) is 19.7 Å². The third-order valence-corrected chi connectivity index (χ3v) is 4.86. The van der Waals surface area contributed by atoms with E-state index >= 15 is 0 Å². The number of anilines is 1. The first-order valence-corrected chi connectivity index (χ1v) is 8.16. The molecule has 0 aliphatic carbocycles. The van der Waals surface area contributed by atoms with Gasteiger partial charge >= 0.3 is 0 Å². The molecule has 0 radical (unpaired) electrons. The van der Waals surface area contributed by atoms with Crippen LogP contribution in [0.25, 0.3) is 5.69 Å². The molecule has 7 nitrogen and oxygen atoms in total. The summed E-state index contributed by atoms with van der Waals surface area (Å²) in [5.41, 5.74) is 2.26. The molecule has 24 heavy (non-hydrogen) atoms. The van der Waals surface area contributed by atoms with Gasteiger partial charge in [-0.1, -0.05) is 6.07 Å². The quantitative estimate of drug-likeness (QED) is 0.770. The second kappa shape index (κ2) is 6.90. The third kappa shape index (κ3) is 3.34. The highest BCUT2D eigenvalue weighted by atomic mass is 32.1. The monoisotopic (exact) mass is 343 g/mol. The molecule has 8 heteroatoms. The minimum atomic E-state index is -0.180. The zero-order valence-electron chi connectivity index (χ0n) is 13.6. The summed E-state index contributed by atoms with van der Waals surface area (Å²) in [6, 6.07) is 7.47. The fourth-order valence-electron chi connectivity index (χ4n) is 2.17. The molecule has 0 aliphatic heterocycles. The maximum absolute atomic E-state index is 12.5. The Kier molecular flexibility index (Phi) is 4.68. The van der Waals surface area contributed by atoms with E-state index in [9.17, 15) is 4.79 Å². The molecule has 2 heterocycles. The van der Waals surface area contributed by atoms with Gasteiger partial charge in [0, 0.05) is 12.8 Å². The number of nitrogens with zero attached hydrogens (tertiary/aromatic N) is 4. The van der Waals surface area contributed by atoms with Gasteiger partial charge in [0.15, 0.2) is 0 Å². The predicted octanol–water partition coefficient (Wildman–Crippen LogP) is 2.99. The van der Waals surface area contributed by atoms with Crippen molar-refractivity contribution in [3.63, 3.8) is 0 Å². The number of benzene rings is 1. The number of carbonyl (C=O) groups excluding carboxylic acids is 1. The van der Waals surface area contributed by atoms with Gasteiger partial charge in [0.25, 0.3) is 5.91 Å². The first-order valence-electron chi connectivity index (χ1n) is 7.35. The summed E-state index contributed by atoms with van der Waals surface area (Å²) in [5, 5.41) is 11.3. The van der Waals surface area contributed by atoms with Gasteiger partial charge in [0.1, 0.15) is 28.6 Å². The molecule has 0 bridgehead atoms. The molecular weight excluding hydrogens is 326 g/mol. The molecule has 1 amide bonds. The van der Waals surface area contributed by atoms with E-state index in [0.29, 0.717) is 16.3 Å². The topological polar surface area (TPSA) is 81.9 Å². The van der Waals surface area contributed by atoms with Gasteiger partial charge < -0.3 is 10.1 Å². The number of amides is 1. The van der Waals surface area contributed by atoms with Crippen molar-refractivity contribution >= 4 is 22.9 Å². The number of aryl methyl sites for hydroxylation is 1. The van der Waals surface area contributed by atoms with Gasteiger partial charge in [-0.15, -0.1) is 21.5 Å². The Morgan fingerprint density at radius 1 is 1.33 bits per heavy atom. The number of thiazole rings is 1. The van der Waals surface area contributed by atoms with Crippen LogP contribution in [0.15, 0.2) is 36.9 Å². The summed E-state index contributed by atoms with van der Waals surface area (Å²) in [6.07, 6.45) is 3.08. The van der Waals surface area contributed by atoms with Crippen LogP contribution in [0.1, 0.15) is 33.4 Å². The molecular formula is C16H17N5O2S. The van der Waals surface area contributed by atoms with Gasteiger partial charge in [0.2, 0.25) is 0 Å². The Hall–Kier alpha value is -2.58. The fraction of sp³-hybridized carbons (Fsp3) is 0.250. The van der Waals surface area contributed by atoms with Crippen LogP contribution in [0.2, 0.25) is 0 Å². The molecule has 3 aromatic rings. The average molecular weight is 343 g/mol. The van der Waals surface area contributed by atoms with Crippen molar-refractivity contribution in [2.24, 2.45) is 0 Å². The molecule has 0 unspecified atom stereocenters. The van der Waals surface area contributed by atoms with E-state index in [2.05, 4.69) is 20.5 Å². The molecule has 2 aromatic heterocycles. The number of hydrogen-bond acceptors (Lipinski definition) is 6. The number of carbonyl (C=O) groups is 1. The van der Waals surface area contributed by atoms with Gasteiger partial charge in [-0.3, -0.25) is 9.36 Å². The number of ether oxygens (including phenoxy) is 1. The molecule has 0 saturated heterocycles. The van der Waals surface area contributed by atoms with Crippen molar-refractivity contribution in [2.75, 3.05) is 12.4 Å². The SMILES string of the molecule is CO[C@H](C)c1nc(C)c(C(=O)Nc2cccc(-n3cnnc3)c2)s1. The smallest absolute Gasteiger partial charge is 0.267 e. The van der Waals surface area contributed by atoms with E-state index in [4.69, 9.17) is 4.74 Å². The van der Waals surface area contributed by atoms with E-state index in [-0.39, 0.29) is 12.0 Å². The Morgan fingerprint density at radius 3 is 2.79 bits per heavy atom. The normalized spacial score (nSPS) is 12.1. The summed E-state index contributed by atoms with van der Waals surface area (Å²) in [5.74, 6) is -0.180. The van der Waals surface area contributed by atoms with Crippen molar-refractivity contribution < 1.29 is 9.53 Å². The van der Waals surface area contributed by atoms with Crippen LogP contribution in [-0.4, -0.2) is 32.8 Å². The highest BCUT2D eigenvalue weighted by Gasteiger charge is 2.18. The van der Waals surface area contributed by atoms with E-state index in [1.54, 1.807) is 24.3 Å². The van der Waals surface area contributed by atoms with Gasteiger partial charge in [0.05, 0.1) is 11.4 Å². The Labute approximate surface area is 143 Å². The van der Waals surface area contributed by atoms with Gasteiger partial charge in [-0.25, -0.2) is 4.98 Å². The van der Waals surface area contributed by atoms with E-state index in [1.807, 2.05) is 38.1 Å². The van der Waals surface area contributed by atoms with Crippen LogP contribution in [0.4, 0.5) is 5.69 Å². The standard InChI is InChI=1S/C16H17N5O2S/c1-10-14(24-16(19-10)11(2)23-3)15(22)20-12-5-4-6-13(7-12)21-8-17-18-9-21/h4-9,11H,1-3H3,(H,20,22)/t11-/m1/s1. The Balaban J connectivity index is 1.80. The van der Waals surface area contributed by atoms with Crippen LogP contribution in [0.3, 0.4) is 0 Å². The number of rotatable bonds is 5. The highest BCUT2D eigenvalue weighted by Crippen LogP contribution is 2.26.